The molecule has 0 bridgehead atoms. The predicted octanol–water partition coefficient (Wildman–Crippen LogP) is 3.16. The largest absolute Gasteiger partial charge is 0.508 e. The molecule has 0 spiro atoms. The molecule has 0 aromatic heterocycles. The first kappa shape index (κ1) is 20.9. The molecule has 2 N–H and O–H groups in total. The van der Waals surface area contributed by atoms with Gasteiger partial charge in [-0.25, -0.2) is 12.8 Å². The topological polar surface area (TPSA) is 104 Å². The molecule has 0 saturated heterocycles. The van der Waals surface area contributed by atoms with Crippen LogP contribution >= 0.6 is 0 Å². The number of methoxy groups -OCH3 is 1. The fraction of sp³-hybridized carbons (Fsp3) is 0.350. The highest BCUT2D eigenvalue weighted by molar-refractivity contribution is 7.92. The number of fused-ring (bicyclic) bond motifs is 1. The number of ether oxygens (including phenoxy) is 1. The van der Waals surface area contributed by atoms with Crippen LogP contribution in [0.15, 0.2) is 41.3 Å². The smallest absolute Gasteiger partial charge is 0.312 e. The van der Waals surface area contributed by atoms with E-state index in [0.29, 0.717) is 5.56 Å². The van der Waals surface area contributed by atoms with E-state index in [1.165, 1.54) is 32.2 Å². The molecule has 1 heterocycles. The van der Waals surface area contributed by atoms with E-state index >= 15 is 0 Å². The monoisotopic (exact) mass is 423 g/mol. The van der Waals surface area contributed by atoms with Crippen LogP contribution in [0.2, 0.25) is 0 Å². The molecule has 0 aliphatic carbocycles. The normalized spacial score (nSPS) is 21.5. The Bertz CT molecular complexity index is 1070. The summed E-state index contributed by atoms with van der Waals surface area (Å²) in [6, 6.07) is 6.40. The molecule has 3 rings (SSSR count). The van der Waals surface area contributed by atoms with Gasteiger partial charge in [0.25, 0.3) is 10.0 Å². The Morgan fingerprint density at radius 2 is 2.00 bits per heavy atom. The maximum Gasteiger partial charge on any atom is 0.312 e. The van der Waals surface area contributed by atoms with Gasteiger partial charge in [-0.1, -0.05) is 13.0 Å². The minimum Gasteiger partial charge on any atom is -0.508 e. The Morgan fingerprint density at radius 1 is 1.31 bits per heavy atom. The molecule has 0 fully saturated rings. The summed E-state index contributed by atoms with van der Waals surface area (Å²) in [5, 5.41) is 19.9. The molecule has 9 heteroatoms. The van der Waals surface area contributed by atoms with Crippen molar-refractivity contribution in [2.45, 2.75) is 37.6 Å². The summed E-state index contributed by atoms with van der Waals surface area (Å²) in [5.41, 5.74) is -0.671. The van der Waals surface area contributed by atoms with Crippen molar-refractivity contribution in [1.29, 1.82) is 0 Å². The summed E-state index contributed by atoms with van der Waals surface area (Å²) < 4.78 is 46.8. The minimum atomic E-state index is -4.29. The van der Waals surface area contributed by atoms with Gasteiger partial charge in [-0.05, 0) is 43.5 Å². The molecule has 156 valence electrons. The first-order chi connectivity index (χ1) is 13.6. The van der Waals surface area contributed by atoms with E-state index in [0.717, 1.165) is 22.5 Å². The first-order valence-corrected chi connectivity index (χ1v) is 10.5. The van der Waals surface area contributed by atoms with Crippen LogP contribution in [0.25, 0.3) is 0 Å². The Balaban J connectivity index is 2.28. The molecular formula is C20H22FNO6S. The SMILES string of the molecule is CC[C@@]1(C(=O)O)Cc2ccc(O)cc2N(S(=O)(=O)c2ccc(F)c(OC)c2)[C@@H]1C. The molecule has 2 aromatic carbocycles. The van der Waals surface area contributed by atoms with Crippen molar-refractivity contribution >= 4 is 21.7 Å². The van der Waals surface area contributed by atoms with Gasteiger partial charge in [-0.2, -0.15) is 0 Å². The van der Waals surface area contributed by atoms with E-state index in [2.05, 4.69) is 0 Å². The van der Waals surface area contributed by atoms with Crippen molar-refractivity contribution in [3.05, 3.63) is 47.8 Å². The number of halogens is 1. The lowest BCUT2D eigenvalue weighted by atomic mass is 9.71. The zero-order valence-electron chi connectivity index (χ0n) is 16.2. The lowest BCUT2D eigenvalue weighted by Crippen LogP contribution is -2.56. The van der Waals surface area contributed by atoms with Crippen LogP contribution < -0.4 is 9.04 Å². The lowest BCUT2D eigenvalue weighted by molar-refractivity contribution is -0.150. The first-order valence-electron chi connectivity index (χ1n) is 9.01. The van der Waals surface area contributed by atoms with Gasteiger partial charge in [-0.15, -0.1) is 0 Å². The van der Waals surface area contributed by atoms with Crippen LogP contribution in [-0.4, -0.2) is 37.8 Å². The van der Waals surface area contributed by atoms with Gasteiger partial charge < -0.3 is 14.9 Å². The van der Waals surface area contributed by atoms with Gasteiger partial charge in [0.15, 0.2) is 11.6 Å². The second-order valence-corrected chi connectivity index (χ2v) is 8.89. The van der Waals surface area contributed by atoms with Crippen molar-refractivity contribution in [2.24, 2.45) is 5.41 Å². The lowest BCUT2D eigenvalue weighted by Gasteiger charge is -2.46. The fourth-order valence-corrected chi connectivity index (χ4v) is 5.68. The van der Waals surface area contributed by atoms with Gasteiger partial charge in [0, 0.05) is 12.1 Å². The summed E-state index contributed by atoms with van der Waals surface area (Å²) in [5.74, 6) is -2.22. The molecule has 1 aliphatic rings. The molecule has 2 atom stereocenters. The number of hydrogen-bond acceptors (Lipinski definition) is 5. The standard InChI is InChI=1S/C20H22FNO6S/c1-4-20(19(24)25)11-13-5-6-14(23)9-17(13)22(12(20)2)29(26,27)15-7-8-16(21)18(10-15)28-3/h5-10,12,23H,4,11H2,1-3H3,(H,24,25)/t12-,20-/m1/s1. The molecule has 0 amide bonds. The van der Waals surface area contributed by atoms with Crippen LogP contribution in [-0.2, 0) is 21.2 Å². The number of nitrogens with zero attached hydrogens (tertiary/aromatic N) is 1. The van der Waals surface area contributed by atoms with E-state index in [1.54, 1.807) is 6.92 Å². The highest BCUT2D eigenvalue weighted by Gasteiger charge is 2.52. The number of phenolic OH excluding ortho intramolecular Hbond substituents is 1. The number of hydrogen-bond donors (Lipinski definition) is 2. The van der Waals surface area contributed by atoms with E-state index in [4.69, 9.17) is 4.74 Å². The summed E-state index contributed by atoms with van der Waals surface area (Å²) in [6.45, 7) is 3.23. The molecular weight excluding hydrogens is 401 g/mol. The Labute approximate surface area is 168 Å². The summed E-state index contributed by atoms with van der Waals surface area (Å²) >= 11 is 0. The van der Waals surface area contributed by atoms with Crippen LogP contribution in [0, 0.1) is 11.2 Å². The minimum absolute atomic E-state index is 0.119. The van der Waals surface area contributed by atoms with Gasteiger partial charge in [0.2, 0.25) is 0 Å². The number of aliphatic carboxylic acids is 1. The van der Waals surface area contributed by atoms with E-state index in [1.807, 2.05) is 0 Å². The van der Waals surface area contributed by atoms with Crippen molar-refractivity contribution in [3.8, 4) is 11.5 Å². The van der Waals surface area contributed by atoms with E-state index in [-0.39, 0.29) is 34.9 Å². The number of carboxylic acids is 1. The maximum absolute atomic E-state index is 13.8. The number of phenols is 1. The van der Waals surface area contributed by atoms with E-state index < -0.39 is 33.3 Å². The van der Waals surface area contributed by atoms with Crippen molar-refractivity contribution < 1.29 is 32.6 Å². The zero-order valence-corrected chi connectivity index (χ0v) is 17.0. The van der Waals surface area contributed by atoms with Crippen molar-refractivity contribution in [3.63, 3.8) is 0 Å². The number of rotatable bonds is 5. The third-order valence-corrected chi connectivity index (χ3v) is 7.58. The quantitative estimate of drug-likeness (QED) is 0.766. The second-order valence-electron chi connectivity index (χ2n) is 7.08. The number of aromatic hydroxyl groups is 1. The average molecular weight is 423 g/mol. The highest BCUT2D eigenvalue weighted by Crippen LogP contribution is 2.47. The Kier molecular flexibility index (Phi) is 5.20. The van der Waals surface area contributed by atoms with Gasteiger partial charge in [-0.3, -0.25) is 9.10 Å². The average Bonchev–Trinajstić information content (AvgIpc) is 2.67. The molecule has 0 radical (unpaired) electrons. The molecule has 1 aliphatic heterocycles. The van der Waals surface area contributed by atoms with Crippen molar-refractivity contribution in [2.75, 3.05) is 11.4 Å². The predicted molar refractivity (Wildman–Crippen MR) is 104 cm³/mol. The van der Waals surface area contributed by atoms with Crippen LogP contribution in [0.4, 0.5) is 10.1 Å². The summed E-state index contributed by atoms with van der Waals surface area (Å²) in [6.07, 6.45) is 0.316. The van der Waals surface area contributed by atoms with Crippen LogP contribution in [0.5, 0.6) is 11.5 Å². The molecule has 0 unspecified atom stereocenters. The van der Waals surface area contributed by atoms with E-state index in [9.17, 15) is 27.8 Å². The van der Waals surface area contributed by atoms with Gasteiger partial charge in [0.1, 0.15) is 5.75 Å². The molecule has 29 heavy (non-hydrogen) atoms. The van der Waals surface area contributed by atoms with Crippen molar-refractivity contribution in [1.82, 2.24) is 0 Å². The zero-order chi connectivity index (χ0) is 21.6. The summed E-state index contributed by atoms with van der Waals surface area (Å²) in [7, 11) is -3.07. The number of benzene rings is 2. The number of sulfonamides is 1. The number of anilines is 1. The fourth-order valence-electron chi connectivity index (χ4n) is 3.91. The Hall–Kier alpha value is -2.81. The molecule has 7 nitrogen and oxygen atoms in total. The van der Waals surface area contributed by atoms with Crippen LogP contribution in [0.3, 0.4) is 0 Å². The molecule has 2 aromatic rings. The third-order valence-electron chi connectivity index (χ3n) is 5.70. The van der Waals surface area contributed by atoms with Gasteiger partial charge >= 0.3 is 5.97 Å². The highest BCUT2D eigenvalue weighted by atomic mass is 32.2. The number of carboxylic acid groups (broad SMARTS) is 1. The Morgan fingerprint density at radius 3 is 2.59 bits per heavy atom. The molecule has 0 saturated carbocycles. The van der Waals surface area contributed by atoms with Gasteiger partial charge in [0.05, 0.1) is 29.1 Å². The maximum atomic E-state index is 13.8. The second kappa shape index (κ2) is 7.22. The van der Waals surface area contributed by atoms with Crippen LogP contribution in [0.1, 0.15) is 25.8 Å². The third kappa shape index (κ3) is 3.19. The number of carbonyl (C=O) groups is 1. The summed E-state index contributed by atoms with van der Waals surface area (Å²) in [4.78, 5) is 12.0.